The van der Waals surface area contributed by atoms with Gasteiger partial charge >= 0.3 is 0 Å². The molecule has 0 fully saturated rings. The third-order valence-electron chi connectivity index (χ3n) is 5.39. The van der Waals surface area contributed by atoms with Crippen LogP contribution in [0.25, 0.3) is 10.8 Å². The quantitative estimate of drug-likeness (QED) is 0.711. The lowest BCUT2D eigenvalue weighted by Crippen LogP contribution is -2.39. The monoisotopic (exact) mass is 365 g/mol. The van der Waals surface area contributed by atoms with Crippen LogP contribution in [0.15, 0.2) is 47.4 Å². The molecule has 1 unspecified atom stereocenters. The van der Waals surface area contributed by atoms with Gasteiger partial charge in [0.2, 0.25) is 0 Å². The Morgan fingerprint density at radius 1 is 1.15 bits per heavy atom. The van der Waals surface area contributed by atoms with E-state index in [2.05, 4.69) is 23.0 Å². The van der Waals surface area contributed by atoms with Crippen LogP contribution in [0.1, 0.15) is 24.1 Å². The second-order valence-electron chi connectivity index (χ2n) is 6.82. The number of aromatic nitrogens is 2. The number of ether oxygens (including phenoxy) is 2. The topological polar surface area (TPSA) is 56.6 Å². The molecule has 1 aromatic heterocycles. The fourth-order valence-corrected chi connectivity index (χ4v) is 3.79. The van der Waals surface area contributed by atoms with Crippen LogP contribution in [0.4, 0.5) is 0 Å². The molecule has 6 nitrogen and oxygen atoms in total. The number of fused-ring (bicyclic) bond motifs is 2. The lowest BCUT2D eigenvalue weighted by atomic mass is 9.93. The van der Waals surface area contributed by atoms with Crippen LogP contribution in [-0.4, -0.2) is 35.4 Å². The number of rotatable bonds is 4. The first-order valence-electron chi connectivity index (χ1n) is 9.06. The SMILES string of the molecule is COc1cc2c(cc1OC)C(C)N(Cn1ncc3ccccc3c1=O)CC2. The van der Waals surface area contributed by atoms with E-state index in [4.69, 9.17) is 9.47 Å². The molecule has 1 atom stereocenters. The minimum atomic E-state index is -0.0570. The summed E-state index contributed by atoms with van der Waals surface area (Å²) in [4.78, 5) is 15.0. The van der Waals surface area contributed by atoms with E-state index in [0.29, 0.717) is 12.1 Å². The molecule has 3 aromatic rings. The molecule has 0 amide bonds. The summed E-state index contributed by atoms with van der Waals surface area (Å²) in [6, 6.07) is 11.8. The molecule has 0 saturated carbocycles. The number of nitrogens with zero attached hydrogens (tertiary/aromatic N) is 3. The zero-order chi connectivity index (χ0) is 19.0. The molecule has 0 radical (unpaired) electrons. The first-order valence-corrected chi connectivity index (χ1v) is 9.06. The highest BCUT2D eigenvalue weighted by Crippen LogP contribution is 2.37. The summed E-state index contributed by atoms with van der Waals surface area (Å²) >= 11 is 0. The number of hydrogen-bond donors (Lipinski definition) is 0. The lowest BCUT2D eigenvalue weighted by Gasteiger charge is -2.35. The van der Waals surface area contributed by atoms with Crippen molar-refractivity contribution in [3.05, 3.63) is 64.1 Å². The molecule has 0 spiro atoms. The molecule has 27 heavy (non-hydrogen) atoms. The van der Waals surface area contributed by atoms with Crippen LogP contribution in [0.3, 0.4) is 0 Å². The highest BCUT2D eigenvalue weighted by atomic mass is 16.5. The Kier molecular flexibility index (Phi) is 4.58. The second-order valence-corrected chi connectivity index (χ2v) is 6.82. The number of hydrogen-bond acceptors (Lipinski definition) is 5. The average Bonchev–Trinajstić information content (AvgIpc) is 2.71. The van der Waals surface area contributed by atoms with Crippen LogP contribution < -0.4 is 15.0 Å². The Morgan fingerprint density at radius 3 is 2.67 bits per heavy atom. The highest BCUT2D eigenvalue weighted by Gasteiger charge is 2.26. The summed E-state index contributed by atoms with van der Waals surface area (Å²) in [5.74, 6) is 1.48. The van der Waals surface area contributed by atoms with Gasteiger partial charge in [-0.05, 0) is 42.7 Å². The van der Waals surface area contributed by atoms with Crippen molar-refractivity contribution >= 4 is 10.8 Å². The van der Waals surface area contributed by atoms with Gasteiger partial charge in [-0.25, -0.2) is 4.68 Å². The van der Waals surface area contributed by atoms with Crippen molar-refractivity contribution < 1.29 is 9.47 Å². The molecule has 0 N–H and O–H groups in total. The van der Waals surface area contributed by atoms with Gasteiger partial charge in [0.25, 0.3) is 5.56 Å². The first-order chi connectivity index (χ1) is 13.1. The van der Waals surface area contributed by atoms with Crippen LogP contribution in [0.2, 0.25) is 0 Å². The molecular formula is C21H23N3O3. The molecule has 1 aliphatic rings. The fraction of sp³-hybridized carbons (Fsp3) is 0.333. The summed E-state index contributed by atoms with van der Waals surface area (Å²) in [5, 5.41) is 5.94. The Hall–Kier alpha value is -2.86. The fourth-order valence-electron chi connectivity index (χ4n) is 3.79. The molecule has 1 aliphatic heterocycles. The molecule has 0 bridgehead atoms. The van der Waals surface area contributed by atoms with Crippen LogP contribution in [0, 0.1) is 0 Å². The standard InChI is InChI=1S/C21H23N3O3/c1-14-18-11-20(27-3)19(26-2)10-15(18)8-9-23(14)13-24-21(25)17-7-5-4-6-16(17)12-22-24/h4-7,10-12,14H,8-9,13H2,1-3H3. The van der Waals surface area contributed by atoms with Crippen molar-refractivity contribution in [1.29, 1.82) is 0 Å². The predicted molar refractivity (Wildman–Crippen MR) is 104 cm³/mol. The summed E-state index contributed by atoms with van der Waals surface area (Å²) in [7, 11) is 3.30. The maximum absolute atomic E-state index is 12.8. The molecule has 4 rings (SSSR count). The van der Waals surface area contributed by atoms with E-state index in [-0.39, 0.29) is 11.6 Å². The average molecular weight is 365 g/mol. The van der Waals surface area contributed by atoms with Crippen molar-refractivity contribution in [1.82, 2.24) is 14.7 Å². The Labute approximate surface area is 157 Å². The third kappa shape index (κ3) is 3.06. The summed E-state index contributed by atoms with van der Waals surface area (Å²) in [6.45, 7) is 3.46. The zero-order valence-corrected chi connectivity index (χ0v) is 15.8. The van der Waals surface area contributed by atoms with Gasteiger partial charge in [-0.15, -0.1) is 0 Å². The van der Waals surface area contributed by atoms with E-state index in [9.17, 15) is 4.79 Å². The van der Waals surface area contributed by atoms with E-state index in [1.807, 2.05) is 30.3 Å². The Balaban J connectivity index is 1.66. The first kappa shape index (κ1) is 17.5. The largest absolute Gasteiger partial charge is 0.493 e. The van der Waals surface area contributed by atoms with Gasteiger partial charge in [-0.1, -0.05) is 18.2 Å². The van der Waals surface area contributed by atoms with Gasteiger partial charge in [0, 0.05) is 18.0 Å². The molecule has 2 aromatic carbocycles. The van der Waals surface area contributed by atoms with E-state index in [1.165, 1.54) is 11.1 Å². The van der Waals surface area contributed by atoms with E-state index in [1.54, 1.807) is 25.1 Å². The Bertz CT molecular complexity index is 1040. The minimum absolute atomic E-state index is 0.0570. The van der Waals surface area contributed by atoms with Crippen molar-refractivity contribution in [3.8, 4) is 11.5 Å². The van der Waals surface area contributed by atoms with Gasteiger partial charge in [0.1, 0.15) is 0 Å². The predicted octanol–water partition coefficient (Wildman–Crippen LogP) is 2.99. The Morgan fingerprint density at radius 2 is 1.89 bits per heavy atom. The minimum Gasteiger partial charge on any atom is -0.493 e. The van der Waals surface area contributed by atoms with Crippen molar-refractivity contribution in [2.45, 2.75) is 26.1 Å². The maximum atomic E-state index is 12.8. The lowest BCUT2D eigenvalue weighted by molar-refractivity contribution is 0.140. The van der Waals surface area contributed by atoms with Gasteiger partial charge in [-0.2, -0.15) is 5.10 Å². The maximum Gasteiger partial charge on any atom is 0.275 e. The normalized spacial score (nSPS) is 16.9. The number of methoxy groups -OCH3 is 2. The zero-order valence-electron chi connectivity index (χ0n) is 15.8. The molecule has 0 saturated heterocycles. The van der Waals surface area contributed by atoms with Crippen LogP contribution in [-0.2, 0) is 13.1 Å². The van der Waals surface area contributed by atoms with Crippen LogP contribution in [0.5, 0.6) is 11.5 Å². The number of benzene rings is 2. The second kappa shape index (κ2) is 7.04. The summed E-state index contributed by atoms with van der Waals surface area (Å²) in [6.07, 6.45) is 2.65. The molecule has 2 heterocycles. The molecule has 140 valence electrons. The summed E-state index contributed by atoms with van der Waals surface area (Å²) in [5.41, 5.74) is 2.40. The molecule has 6 heteroatoms. The van der Waals surface area contributed by atoms with Gasteiger partial charge in [0.05, 0.1) is 32.5 Å². The van der Waals surface area contributed by atoms with Crippen LogP contribution >= 0.6 is 0 Å². The van der Waals surface area contributed by atoms with Gasteiger partial charge in [-0.3, -0.25) is 9.69 Å². The van der Waals surface area contributed by atoms with E-state index >= 15 is 0 Å². The third-order valence-corrected chi connectivity index (χ3v) is 5.39. The molecule has 0 aliphatic carbocycles. The van der Waals surface area contributed by atoms with E-state index < -0.39 is 0 Å². The molecular weight excluding hydrogens is 342 g/mol. The van der Waals surface area contributed by atoms with E-state index in [0.717, 1.165) is 29.9 Å². The smallest absolute Gasteiger partial charge is 0.275 e. The van der Waals surface area contributed by atoms with Crippen molar-refractivity contribution in [3.63, 3.8) is 0 Å². The summed E-state index contributed by atoms with van der Waals surface area (Å²) < 4.78 is 12.4. The van der Waals surface area contributed by atoms with Gasteiger partial charge < -0.3 is 9.47 Å². The van der Waals surface area contributed by atoms with Gasteiger partial charge in [0.15, 0.2) is 11.5 Å². The van der Waals surface area contributed by atoms with Crippen molar-refractivity contribution in [2.75, 3.05) is 20.8 Å². The van der Waals surface area contributed by atoms with Crippen molar-refractivity contribution in [2.24, 2.45) is 0 Å². The highest BCUT2D eigenvalue weighted by molar-refractivity contribution is 5.80.